The Bertz CT molecular complexity index is 709. The van der Waals surface area contributed by atoms with Crippen LogP contribution in [0.5, 0.6) is 0 Å². The number of benzene rings is 1. The molecule has 1 N–H and O–H groups in total. The van der Waals surface area contributed by atoms with Crippen LogP contribution in [0.4, 0.5) is 15.8 Å². The summed E-state index contributed by atoms with van der Waals surface area (Å²) in [5.74, 6) is 0. The summed E-state index contributed by atoms with van der Waals surface area (Å²) in [5.41, 5.74) is -0.901. The summed E-state index contributed by atoms with van der Waals surface area (Å²) in [4.78, 5) is 16.4. The van der Waals surface area contributed by atoms with Gasteiger partial charge in [-0.15, -0.1) is 0 Å². The van der Waals surface area contributed by atoms with Crippen LogP contribution in [0, 0.1) is 10.1 Å². The molecule has 1 aromatic heterocycles. The van der Waals surface area contributed by atoms with Crippen molar-refractivity contribution in [2.45, 2.75) is 12.1 Å². The van der Waals surface area contributed by atoms with Gasteiger partial charge in [-0.1, -0.05) is 0 Å². The van der Waals surface area contributed by atoms with E-state index in [4.69, 9.17) is 5.11 Å². The van der Waals surface area contributed by atoms with E-state index in [1.54, 1.807) is 18.3 Å². The van der Waals surface area contributed by atoms with Gasteiger partial charge in [-0.25, -0.2) is 4.39 Å². The monoisotopic (exact) mass is 291 g/mol. The van der Waals surface area contributed by atoms with Gasteiger partial charge in [0.15, 0.2) is 5.67 Å². The van der Waals surface area contributed by atoms with Gasteiger partial charge < -0.3 is 10.0 Å². The van der Waals surface area contributed by atoms with Crippen molar-refractivity contribution in [3.05, 3.63) is 40.7 Å². The van der Waals surface area contributed by atoms with E-state index in [0.717, 1.165) is 5.69 Å². The summed E-state index contributed by atoms with van der Waals surface area (Å²) < 4.78 is 14.2. The quantitative estimate of drug-likeness (QED) is 0.691. The van der Waals surface area contributed by atoms with E-state index in [1.807, 2.05) is 4.90 Å². The lowest BCUT2D eigenvalue weighted by atomic mass is 10.1. The fourth-order valence-corrected chi connectivity index (χ4v) is 2.76. The third-order valence-electron chi connectivity index (χ3n) is 3.90. The van der Waals surface area contributed by atoms with Crippen molar-refractivity contribution in [1.29, 1.82) is 0 Å². The zero-order chi connectivity index (χ0) is 15.0. The maximum atomic E-state index is 14.2. The molecule has 0 aliphatic carbocycles. The van der Waals surface area contributed by atoms with E-state index in [-0.39, 0.29) is 18.7 Å². The molecule has 2 heterocycles. The average Bonchev–Trinajstić information content (AvgIpc) is 2.89. The number of nitro groups is 1. The Balaban J connectivity index is 2.09. The van der Waals surface area contributed by atoms with E-state index in [2.05, 4.69) is 4.98 Å². The second kappa shape index (κ2) is 4.92. The van der Waals surface area contributed by atoms with Crippen LogP contribution in [-0.2, 0) is 0 Å². The van der Waals surface area contributed by atoms with Crippen LogP contribution in [-0.4, -0.2) is 40.4 Å². The van der Waals surface area contributed by atoms with Crippen LogP contribution >= 0.6 is 0 Å². The van der Waals surface area contributed by atoms with Gasteiger partial charge in [0.25, 0.3) is 5.69 Å². The van der Waals surface area contributed by atoms with E-state index < -0.39 is 17.2 Å². The minimum Gasteiger partial charge on any atom is -0.393 e. The number of anilines is 1. The third kappa shape index (κ3) is 2.29. The van der Waals surface area contributed by atoms with Crippen LogP contribution in [0.3, 0.4) is 0 Å². The molecule has 0 spiro atoms. The van der Waals surface area contributed by atoms with Crippen molar-refractivity contribution in [1.82, 2.24) is 4.98 Å². The van der Waals surface area contributed by atoms with E-state index in [1.165, 1.54) is 12.3 Å². The van der Waals surface area contributed by atoms with Gasteiger partial charge in [-0.2, -0.15) is 0 Å². The molecule has 0 unspecified atom stereocenters. The number of halogens is 1. The van der Waals surface area contributed by atoms with Crippen molar-refractivity contribution >= 4 is 22.1 Å². The molecular formula is C14H14FN3O3. The Morgan fingerprint density at radius 2 is 2.24 bits per heavy atom. The average molecular weight is 291 g/mol. The molecule has 1 aliphatic heterocycles. The number of aliphatic hydroxyl groups is 1. The molecule has 1 fully saturated rings. The Kier molecular flexibility index (Phi) is 3.21. The van der Waals surface area contributed by atoms with Crippen LogP contribution in [0.2, 0.25) is 0 Å². The maximum absolute atomic E-state index is 14.2. The Morgan fingerprint density at radius 1 is 1.43 bits per heavy atom. The first-order chi connectivity index (χ1) is 10.0. The first kappa shape index (κ1) is 13.7. The van der Waals surface area contributed by atoms with Crippen molar-refractivity contribution in [2.75, 3.05) is 24.6 Å². The zero-order valence-corrected chi connectivity index (χ0v) is 11.2. The van der Waals surface area contributed by atoms with Gasteiger partial charge in [0.1, 0.15) is 0 Å². The molecule has 21 heavy (non-hydrogen) atoms. The van der Waals surface area contributed by atoms with Crippen LogP contribution in [0.15, 0.2) is 30.6 Å². The van der Waals surface area contributed by atoms with E-state index in [0.29, 0.717) is 17.3 Å². The Labute approximate surface area is 120 Å². The highest BCUT2D eigenvalue weighted by molar-refractivity contribution is 5.99. The van der Waals surface area contributed by atoms with Gasteiger partial charge in [0.2, 0.25) is 0 Å². The van der Waals surface area contributed by atoms with Gasteiger partial charge in [0, 0.05) is 42.5 Å². The number of nitro benzene ring substituents is 1. The summed E-state index contributed by atoms with van der Waals surface area (Å²) in [5, 5.41) is 21.3. The second-order valence-corrected chi connectivity index (χ2v) is 5.26. The van der Waals surface area contributed by atoms with E-state index >= 15 is 0 Å². The highest BCUT2D eigenvalue weighted by Gasteiger charge is 2.38. The molecule has 1 aromatic carbocycles. The lowest BCUT2D eigenvalue weighted by Gasteiger charge is -2.22. The first-order valence-electron chi connectivity index (χ1n) is 6.60. The van der Waals surface area contributed by atoms with Crippen LogP contribution in [0.1, 0.15) is 6.42 Å². The standard InChI is InChI=1S/C14H14FN3O3/c15-14(9-19)4-6-17(8-14)12-1-2-13(18(20)21)11-7-16-5-3-10(11)12/h1-3,5,7,19H,4,6,8-9H2/t14-/m0/s1. The third-order valence-corrected chi connectivity index (χ3v) is 3.90. The molecule has 1 saturated heterocycles. The predicted molar refractivity (Wildman–Crippen MR) is 76.2 cm³/mol. The number of aliphatic hydroxyl groups excluding tert-OH is 1. The number of aromatic nitrogens is 1. The largest absolute Gasteiger partial charge is 0.393 e. The molecule has 7 heteroatoms. The van der Waals surface area contributed by atoms with Gasteiger partial charge in [-0.05, 0) is 12.1 Å². The fourth-order valence-electron chi connectivity index (χ4n) is 2.76. The number of pyridine rings is 1. The molecule has 1 aliphatic rings. The van der Waals surface area contributed by atoms with Crippen molar-refractivity contribution in [2.24, 2.45) is 0 Å². The molecular weight excluding hydrogens is 277 g/mol. The molecule has 0 bridgehead atoms. The fraction of sp³-hybridized carbons (Fsp3) is 0.357. The molecule has 110 valence electrons. The van der Waals surface area contributed by atoms with Gasteiger partial charge in [-0.3, -0.25) is 15.1 Å². The summed E-state index contributed by atoms with van der Waals surface area (Å²) >= 11 is 0. The second-order valence-electron chi connectivity index (χ2n) is 5.26. The number of non-ortho nitro benzene ring substituents is 1. The predicted octanol–water partition coefficient (Wildman–Crippen LogP) is 2.05. The highest BCUT2D eigenvalue weighted by Crippen LogP contribution is 2.36. The van der Waals surface area contributed by atoms with Crippen LogP contribution in [0.25, 0.3) is 10.8 Å². The lowest BCUT2D eigenvalue weighted by molar-refractivity contribution is -0.383. The lowest BCUT2D eigenvalue weighted by Crippen LogP contribution is -2.32. The maximum Gasteiger partial charge on any atom is 0.278 e. The SMILES string of the molecule is O=[N+]([O-])c1ccc(N2CC[C@@](F)(CO)C2)c2ccncc12. The molecule has 3 rings (SSSR count). The van der Waals surface area contributed by atoms with Crippen molar-refractivity contribution in [3.63, 3.8) is 0 Å². The van der Waals surface area contributed by atoms with Crippen molar-refractivity contribution < 1.29 is 14.4 Å². The minimum atomic E-state index is -1.61. The number of alkyl halides is 1. The number of nitrogens with zero attached hydrogens (tertiary/aromatic N) is 3. The summed E-state index contributed by atoms with van der Waals surface area (Å²) in [6, 6.07) is 4.73. The Hall–Kier alpha value is -2.28. The minimum absolute atomic E-state index is 0.0188. The molecule has 0 saturated carbocycles. The first-order valence-corrected chi connectivity index (χ1v) is 6.60. The summed E-state index contributed by atoms with van der Waals surface area (Å²) in [6.07, 6.45) is 3.25. The topological polar surface area (TPSA) is 79.5 Å². The number of rotatable bonds is 3. The normalized spacial score (nSPS) is 21.9. The summed E-state index contributed by atoms with van der Waals surface area (Å²) in [7, 11) is 0. The van der Waals surface area contributed by atoms with Gasteiger partial charge in [0.05, 0.1) is 23.5 Å². The number of hydrogen-bond acceptors (Lipinski definition) is 5. The number of hydrogen-bond donors (Lipinski definition) is 1. The summed E-state index contributed by atoms with van der Waals surface area (Å²) in [6.45, 7) is 0.0288. The molecule has 1 atom stereocenters. The smallest absolute Gasteiger partial charge is 0.278 e. The molecule has 0 radical (unpaired) electrons. The zero-order valence-electron chi connectivity index (χ0n) is 11.2. The van der Waals surface area contributed by atoms with Crippen molar-refractivity contribution in [3.8, 4) is 0 Å². The molecule has 0 amide bonds. The van der Waals surface area contributed by atoms with E-state index in [9.17, 15) is 14.5 Å². The number of fused-ring (bicyclic) bond motifs is 1. The highest BCUT2D eigenvalue weighted by atomic mass is 19.1. The Morgan fingerprint density at radius 3 is 2.90 bits per heavy atom. The van der Waals surface area contributed by atoms with Gasteiger partial charge >= 0.3 is 0 Å². The molecule has 6 nitrogen and oxygen atoms in total. The van der Waals surface area contributed by atoms with Crippen LogP contribution < -0.4 is 4.90 Å². The molecule has 2 aromatic rings.